The number of carbonyl (C=O) groups is 1. The van der Waals surface area contributed by atoms with E-state index in [4.69, 9.17) is 0 Å². The molecule has 5 N–H and O–H groups in total. The number of aromatic nitrogens is 1. The highest BCUT2D eigenvalue weighted by Crippen LogP contribution is 2.37. The van der Waals surface area contributed by atoms with E-state index in [2.05, 4.69) is 42.5 Å². The van der Waals surface area contributed by atoms with Crippen LogP contribution < -0.4 is 26.0 Å². The molecule has 10 nitrogen and oxygen atoms in total. The minimum Gasteiger partial charge on any atom is -0.388 e. The fourth-order valence-electron chi connectivity index (χ4n) is 3.39. The Morgan fingerprint density at radius 3 is 2.47 bits per heavy atom. The lowest BCUT2D eigenvalue weighted by Crippen LogP contribution is -2.40. The largest absolute Gasteiger partial charge is 0.388 e. The summed E-state index contributed by atoms with van der Waals surface area (Å²) in [6.07, 6.45) is 4.54. The van der Waals surface area contributed by atoms with E-state index in [1.807, 2.05) is 31.3 Å². The Labute approximate surface area is 227 Å². The van der Waals surface area contributed by atoms with Crippen molar-refractivity contribution in [3.05, 3.63) is 61.4 Å². The first-order valence-corrected chi connectivity index (χ1v) is 14.2. The molecule has 2 aromatic carbocycles. The van der Waals surface area contributed by atoms with Gasteiger partial charge in [0, 0.05) is 60.6 Å². The van der Waals surface area contributed by atoms with Gasteiger partial charge in [0.25, 0.3) is 0 Å². The zero-order chi connectivity index (χ0) is 27.8. The lowest BCUT2D eigenvalue weighted by Gasteiger charge is -2.22. The quantitative estimate of drug-likeness (QED) is 0.134. The van der Waals surface area contributed by atoms with Gasteiger partial charge in [0.2, 0.25) is 10.0 Å². The molecule has 0 atom stereocenters. The average molecular weight is 556 g/mol. The summed E-state index contributed by atoms with van der Waals surface area (Å²) < 4.78 is 29.6. The van der Waals surface area contributed by atoms with Crippen LogP contribution in [0.3, 0.4) is 0 Å². The number of nitrogens with zero attached hydrogens (tertiary/aromatic N) is 2. The standard InChI is InChI=1S/C26H33N7O3S2/c1-6-28-17-29-13-14-30-25(34)32-20-11-12-21(23(15-20)38(35,36)33-26(2,3)4)22-16-31-24(37-22)18-7-9-19(27-5)10-8-18/h6-12,15-17,27,33H,1,13-14H2,2-5H3,(H,28,29)(H2,30,32,34). The fourth-order valence-corrected chi connectivity index (χ4v) is 6.08. The van der Waals surface area contributed by atoms with Gasteiger partial charge in [-0.05, 0) is 57.2 Å². The van der Waals surface area contributed by atoms with Crippen LogP contribution in [0.1, 0.15) is 20.8 Å². The van der Waals surface area contributed by atoms with E-state index in [-0.39, 0.29) is 4.90 Å². The summed E-state index contributed by atoms with van der Waals surface area (Å²) in [4.78, 5) is 21.4. The van der Waals surface area contributed by atoms with E-state index in [1.54, 1.807) is 39.1 Å². The van der Waals surface area contributed by atoms with Crippen molar-refractivity contribution < 1.29 is 13.2 Å². The van der Waals surface area contributed by atoms with Crippen LogP contribution in [0.5, 0.6) is 0 Å². The lowest BCUT2D eigenvalue weighted by molar-refractivity contribution is 0.252. The fraction of sp³-hybridized carbons (Fsp3) is 0.269. The maximum Gasteiger partial charge on any atom is 0.319 e. The molecule has 0 aliphatic carbocycles. The number of thiazole rings is 1. The highest BCUT2D eigenvalue weighted by atomic mass is 32.2. The summed E-state index contributed by atoms with van der Waals surface area (Å²) in [5.74, 6) is 0. The van der Waals surface area contributed by atoms with Gasteiger partial charge in [-0.3, -0.25) is 0 Å². The second-order valence-corrected chi connectivity index (χ2v) is 11.9. The van der Waals surface area contributed by atoms with Crippen LogP contribution in [0.2, 0.25) is 0 Å². The third-order valence-corrected chi connectivity index (χ3v) is 7.86. The molecule has 0 fully saturated rings. The summed E-state index contributed by atoms with van der Waals surface area (Å²) in [6.45, 7) is 9.59. The summed E-state index contributed by atoms with van der Waals surface area (Å²) in [5, 5.41) is 12.2. The Hall–Kier alpha value is -3.74. The number of aliphatic imine (C=N–C) groups is 1. The zero-order valence-electron chi connectivity index (χ0n) is 21.8. The van der Waals surface area contributed by atoms with Gasteiger partial charge in [-0.1, -0.05) is 12.6 Å². The minimum atomic E-state index is -3.93. The first-order valence-electron chi connectivity index (χ1n) is 11.9. The number of anilines is 2. The summed E-state index contributed by atoms with van der Waals surface area (Å²) in [7, 11) is -2.08. The molecule has 1 aromatic heterocycles. The van der Waals surface area contributed by atoms with E-state index in [9.17, 15) is 13.2 Å². The van der Waals surface area contributed by atoms with Gasteiger partial charge in [0.15, 0.2) is 0 Å². The number of carbonyl (C=O) groups excluding carboxylic acids is 1. The van der Waals surface area contributed by atoms with Crippen molar-refractivity contribution in [2.45, 2.75) is 31.2 Å². The van der Waals surface area contributed by atoms with Crippen molar-refractivity contribution in [1.29, 1.82) is 0 Å². The molecule has 12 heteroatoms. The molecule has 0 bridgehead atoms. The van der Waals surface area contributed by atoms with E-state index < -0.39 is 21.6 Å². The number of amides is 2. The highest BCUT2D eigenvalue weighted by Gasteiger charge is 2.26. The minimum absolute atomic E-state index is 0.0493. The number of sulfonamides is 1. The van der Waals surface area contributed by atoms with Gasteiger partial charge in [-0.25, -0.2) is 27.9 Å². The molecule has 0 saturated heterocycles. The topological polar surface area (TPSA) is 137 Å². The normalized spacial score (nSPS) is 11.8. The molecule has 38 heavy (non-hydrogen) atoms. The Bertz CT molecular complexity index is 1390. The van der Waals surface area contributed by atoms with Crippen molar-refractivity contribution in [2.75, 3.05) is 30.8 Å². The van der Waals surface area contributed by atoms with Crippen LogP contribution >= 0.6 is 11.3 Å². The third-order valence-electron chi connectivity index (χ3n) is 4.99. The van der Waals surface area contributed by atoms with Gasteiger partial charge in [-0.15, -0.1) is 11.3 Å². The number of urea groups is 1. The number of rotatable bonds is 11. The Morgan fingerprint density at radius 1 is 1.11 bits per heavy atom. The molecule has 0 unspecified atom stereocenters. The second kappa shape index (κ2) is 12.7. The Kier molecular flexibility index (Phi) is 9.61. The van der Waals surface area contributed by atoms with Crippen molar-refractivity contribution in [2.24, 2.45) is 4.99 Å². The molecule has 0 radical (unpaired) electrons. The van der Waals surface area contributed by atoms with Crippen LogP contribution in [0, 0.1) is 0 Å². The first-order chi connectivity index (χ1) is 18.0. The summed E-state index contributed by atoms with van der Waals surface area (Å²) in [6, 6.07) is 12.2. The smallest absolute Gasteiger partial charge is 0.319 e. The van der Waals surface area contributed by atoms with E-state index in [0.29, 0.717) is 29.2 Å². The molecular formula is C26H33N7O3S2. The van der Waals surface area contributed by atoms with Crippen molar-refractivity contribution in [3.63, 3.8) is 0 Å². The van der Waals surface area contributed by atoms with Crippen molar-refractivity contribution in [1.82, 2.24) is 20.3 Å². The Morgan fingerprint density at radius 2 is 1.82 bits per heavy atom. The zero-order valence-corrected chi connectivity index (χ0v) is 23.5. The predicted molar refractivity (Wildman–Crippen MR) is 156 cm³/mol. The monoisotopic (exact) mass is 555 g/mol. The second-order valence-electron chi connectivity index (χ2n) is 9.22. The van der Waals surface area contributed by atoms with E-state index >= 15 is 0 Å². The lowest BCUT2D eigenvalue weighted by atomic mass is 10.1. The molecule has 202 valence electrons. The van der Waals surface area contributed by atoms with Gasteiger partial charge in [0.05, 0.1) is 16.1 Å². The van der Waals surface area contributed by atoms with Gasteiger partial charge < -0.3 is 21.3 Å². The molecular weight excluding hydrogens is 522 g/mol. The van der Waals surface area contributed by atoms with Gasteiger partial charge in [0.1, 0.15) is 5.01 Å². The molecule has 0 saturated carbocycles. The van der Waals surface area contributed by atoms with E-state index in [1.165, 1.54) is 29.9 Å². The van der Waals surface area contributed by atoms with Crippen LogP contribution in [0.4, 0.5) is 16.2 Å². The van der Waals surface area contributed by atoms with Crippen LogP contribution in [-0.4, -0.2) is 51.4 Å². The maximum atomic E-state index is 13.4. The predicted octanol–water partition coefficient (Wildman–Crippen LogP) is 4.48. The molecule has 3 rings (SSSR count). The first kappa shape index (κ1) is 28.8. The Balaban J connectivity index is 1.88. The van der Waals surface area contributed by atoms with Gasteiger partial charge >= 0.3 is 6.03 Å². The molecule has 0 aliphatic rings. The molecule has 2 amide bonds. The van der Waals surface area contributed by atoms with Crippen LogP contribution in [0.25, 0.3) is 21.0 Å². The average Bonchev–Trinajstić information content (AvgIpc) is 3.35. The van der Waals surface area contributed by atoms with Crippen LogP contribution in [-0.2, 0) is 10.0 Å². The third kappa shape index (κ3) is 8.13. The van der Waals surface area contributed by atoms with Crippen molar-refractivity contribution >= 4 is 45.1 Å². The van der Waals surface area contributed by atoms with E-state index in [0.717, 1.165) is 16.3 Å². The molecule has 1 heterocycles. The van der Waals surface area contributed by atoms with Crippen molar-refractivity contribution in [3.8, 4) is 21.0 Å². The number of hydrogen-bond acceptors (Lipinski definition) is 7. The summed E-state index contributed by atoms with van der Waals surface area (Å²) in [5.41, 5.74) is 2.05. The maximum absolute atomic E-state index is 13.4. The highest BCUT2D eigenvalue weighted by molar-refractivity contribution is 7.89. The molecule has 0 spiro atoms. The molecule has 0 aliphatic heterocycles. The SMILES string of the molecule is C=C/N=C\NCCNC(=O)Nc1ccc(-c2cnc(-c3ccc(NC)cc3)s2)c(S(=O)(=O)NC(C)(C)C)c1. The van der Waals surface area contributed by atoms with Gasteiger partial charge in [-0.2, -0.15) is 0 Å². The van der Waals surface area contributed by atoms with Crippen LogP contribution in [0.15, 0.2) is 71.3 Å². The number of hydrogen-bond donors (Lipinski definition) is 5. The summed E-state index contributed by atoms with van der Waals surface area (Å²) >= 11 is 1.39. The number of benzene rings is 2. The molecule has 3 aromatic rings. The number of nitrogens with one attached hydrogen (secondary N) is 5.